The molecule has 190 valence electrons. The zero-order valence-corrected chi connectivity index (χ0v) is 22.1. The summed E-state index contributed by atoms with van der Waals surface area (Å²) in [4.78, 5) is 15.2. The third kappa shape index (κ3) is 6.51. The molecule has 3 rings (SSSR count). The average Bonchev–Trinajstić information content (AvgIpc) is 2.89. The summed E-state index contributed by atoms with van der Waals surface area (Å²) in [6.45, 7) is 9.50. The Labute approximate surface area is 214 Å². The van der Waals surface area contributed by atoms with E-state index in [-0.39, 0.29) is 4.90 Å². The smallest absolute Gasteiger partial charge is 0.264 e. The minimum Gasteiger partial charge on any atom is -0.372 e. The molecule has 0 unspecified atom stereocenters. The molecule has 3 aromatic rings. The number of carbonyl (C=O) groups is 1. The topological polar surface area (TPSA) is 82.1 Å². The Kier molecular flexibility index (Phi) is 9.25. The van der Waals surface area contributed by atoms with Gasteiger partial charge in [-0.05, 0) is 68.7 Å². The van der Waals surface area contributed by atoms with E-state index in [4.69, 9.17) is 0 Å². The monoisotopic (exact) mass is 506 g/mol. The maximum atomic E-state index is 13.6. The Morgan fingerprint density at radius 2 is 1.56 bits per heavy atom. The minimum atomic E-state index is -3.98. The average molecular weight is 507 g/mol. The van der Waals surface area contributed by atoms with Gasteiger partial charge in [-0.2, -0.15) is 5.10 Å². The molecule has 0 saturated heterocycles. The van der Waals surface area contributed by atoms with Crippen molar-refractivity contribution in [3.05, 3.63) is 89.5 Å². The second-order valence-electron chi connectivity index (χ2n) is 8.36. The van der Waals surface area contributed by atoms with E-state index in [0.717, 1.165) is 39.8 Å². The van der Waals surface area contributed by atoms with E-state index in [1.165, 1.54) is 0 Å². The highest BCUT2D eigenvalue weighted by atomic mass is 32.2. The van der Waals surface area contributed by atoms with Crippen LogP contribution in [0.5, 0.6) is 0 Å². The third-order valence-electron chi connectivity index (χ3n) is 5.96. The molecule has 0 radical (unpaired) electrons. The molecule has 0 aliphatic heterocycles. The highest BCUT2D eigenvalue weighted by molar-refractivity contribution is 7.92. The van der Waals surface area contributed by atoms with Gasteiger partial charge in [0.25, 0.3) is 15.9 Å². The highest BCUT2D eigenvalue weighted by Crippen LogP contribution is 2.27. The quantitative estimate of drug-likeness (QED) is 0.301. The van der Waals surface area contributed by atoms with Gasteiger partial charge in [-0.15, -0.1) is 0 Å². The van der Waals surface area contributed by atoms with Crippen molar-refractivity contribution in [2.24, 2.45) is 5.10 Å². The van der Waals surface area contributed by atoms with Crippen molar-refractivity contribution >= 4 is 33.5 Å². The van der Waals surface area contributed by atoms with Crippen LogP contribution in [0.15, 0.2) is 82.8 Å². The maximum Gasteiger partial charge on any atom is 0.264 e. The Hall–Kier alpha value is -3.65. The van der Waals surface area contributed by atoms with E-state index in [1.807, 2.05) is 50.2 Å². The Bertz CT molecular complexity index is 1280. The van der Waals surface area contributed by atoms with Crippen molar-refractivity contribution in [2.45, 2.75) is 39.0 Å². The number of hydrazone groups is 1. The molecule has 0 aromatic heterocycles. The number of nitrogens with zero attached hydrogens (tertiary/aromatic N) is 3. The fourth-order valence-corrected chi connectivity index (χ4v) is 5.35. The molecular weight excluding hydrogens is 472 g/mol. The lowest BCUT2D eigenvalue weighted by atomic mass is 10.1. The van der Waals surface area contributed by atoms with Crippen molar-refractivity contribution < 1.29 is 13.2 Å². The van der Waals surface area contributed by atoms with Crippen LogP contribution < -0.4 is 14.6 Å². The fraction of sp³-hybridized carbons (Fsp3) is 0.286. The molecule has 0 aliphatic carbocycles. The number of sulfonamides is 1. The van der Waals surface area contributed by atoms with Gasteiger partial charge >= 0.3 is 0 Å². The molecule has 0 aliphatic rings. The first-order valence-corrected chi connectivity index (χ1v) is 13.6. The first-order chi connectivity index (χ1) is 17.3. The molecule has 0 bridgehead atoms. The molecule has 36 heavy (non-hydrogen) atoms. The van der Waals surface area contributed by atoms with Crippen LogP contribution >= 0.6 is 0 Å². The number of para-hydroxylation sites is 1. The van der Waals surface area contributed by atoms with Crippen molar-refractivity contribution in [1.29, 1.82) is 0 Å². The summed E-state index contributed by atoms with van der Waals surface area (Å²) in [5.41, 5.74) is 6.68. The lowest BCUT2D eigenvalue weighted by molar-refractivity contribution is -0.119. The van der Waals surface area contributed by atoms with Crippen LogP contribution in [0.1, 0.15) is 37.5 Å². The Balaban J connectivity index is 1.80. The van der Waals surface area contributed by atoms with E-state index in [1.54, 1.807) is 42.6 Å². The van der Waals surface area contributed by atoms with Gasteiger partial charge in [0.1, 0.15) is 6.54 Å². The fourth-order valence-electron chi connectivity index (χ4n) is 3.89. The molecule has 7 nitrogen and oxygen atoms in total. The molecule has 1 N–H and O–H groups in total. The summed E-state index contributed by atoms with van der Waals surface area (Å²) < 4.78 is 28.3. The van der Waals surface area contributed by atoms with Crippen LogP contribution in [0.3, 0.4) is 0 Å². The van der Waals surface area contributed by atoms with E-state index >= 15 is 0 Å². The van der Waals surface area contributed by atoms with E-state index in [2.05, 4.69) is 29.3 Å². The highest BCUT2D eigenvalue weighted by Gasteiger charge is 2.28. The lowest BCUT2D eigenvalue weighted by Gasteiger charge is -2.25. The molecule has 8 heteroatoms. The molecule has 0 spiro atoms. The van der Waals surface area contributed by atoms with Gasteiger partial charge in [0.15, 0.2) is 0 Å². The first kappa shape index (κ1) is 26.9. The molecule has 0 heterocycles. The SMILES string of the molecule is CCc1ccccc1N(CC(=O)N/N=C\c1ccc(N(CC)CC)cc1)S(=O)(=O)c1ccc(C)cc1. The van der Waals surface area contributed by atoms with Crippen molar-refractivity contribution in [3.63, 3.8) is 0 Å². The minimum absolute atomic E-state index is 0.128. The number of amides is 1. The molecule has 0 atom stereocenters. The first-order valence-electron chi connectivity index (χ1n) is 12.1. The molecular formula is C28H34N4O3S. The summed E-state index contributed by atoms with van der Waals surface area (Å²) in [6.07, 6.45) is 2.17. The van der Waals surface area contributed by atoms with Crippen LogP contribution in [0.2, 0.25) is 0 Å². The predicted octanol–water partition coefficient (Wildman–Crippen LogP) is 4.75. The maximum absolute atomic E-state index is 13.6. The lowest BCUT2D eigenvalue weighted by Crippen LogP contribution is -2.40. The van der Waals surface area contributed by atoms with Crippen LogP contribution in [-0.2, 0) is 21.2 Å². The van der Waals surface area contributed by atoms with Gasteiger partial charge in [-0.25, -0.2) is 13.8 Å². The third-order valence-corrected chi connectivity index (χ3v) is 7.74. The molecule has 3 aromatic carbocycles. The van der Waals surface area contributed by atoms with Crippen molar-refractivity contribution in [3.8, 4) is 0 Å². The summed E-state index contributed by atoms with van der Waals surface area (Å²) in [6, 6.07) is 21.7. The second kappa shape index (κ2) is 12.4. The molecule has 0 fully saturated rings. The van der Waals surface area contributed by atoms with Crippen LogP contribution in [0, 0.1) is 6.92 Å². The standard InChI is InChI=1S/C28H34N4O3S/c1-5-24-10-8-9-11-27(24)32(36(34,35)26-18-12-22(4)13-19-26)21-28(33)30-29-20-23-14-16-25(17-15-23)31(6-2)7-3/h8-20H,5-7,21H2,1-4H3,(H,30,33)/b29-20-. The van der Waals surface area contributed by atoms with E-state index in [9.17, 15) is 13.2 Å². The summed E-state index contributed by atoms with van der Waals surface area (Å²) in [5, 5.41) is 4.05. The zero-order chi connectivity index (χ0) is 26.1. The van der Waals surface area contributed by atoms with Crippen LogP contribution in [0.25, 0.3) is 0 Å². The Morgan fingerprint density at radius 1 is 0.917 bits per heavy atom. The van der Waals surface area contributed by atoms with Crippen molar-refractivity contribution in [2.75, 3.05) is 28.8 Å². The van der Waals surface area contributed by atoms with Crippen molar-refractivity contribution in [1.82, 2.24) is 5.43 Å². The zero-order valence-electron chi connectivity index (χ0n) is 21.3. The molecule has 0 saturated carbocycles. The summed E-state index contributed by atoms with van der Waals surface area (Å²) in [5.74, 6) is -0.535. The van der Waals surface area contributed by atoms with Gasteiger partial charge in [0.2, 0.25) is 0 Å². The number of anilines is 2. The molecule has 1 amide bonds. The van der Waals surface area contributed by atoms with Crippen LogP contribution in [-0.4, -0.2) is 40.2 Å². The van der Waals surface area contributed by atoms with Gasteiger partial charge < -0.3 is 4.90 Å². The largest absolute Gasteiger partial charge is 0.372 e. The summed E-state index contributed by atoms with van der Waals surface area (Å²) in [7, 11) is -3.98. The van der Waals surface area contributed by atoms with Gasteiger partial charge in [-0.3, -0.25) is 9.10 Å². The van der Waals surface area contributed by atoms with Gasteiger partial charge in [-0.1, -0.05) is 55.0 Å². The van der Waals surface area contributed by atoms with Crippen LogP contribution in [0.4, 0.5) is 11.4 Å². The van der Waals surface area contributed by atoms with E-state index in [0.29, 0.717) is 12.1 Å². The number of rotatable bonds is 11. The summed E-state index contributed by atoms with van der Waals surface area (Å²) >= 11 is 0. The predicted molar refractivity (Wildman–Crippen MR) is 147 cm³/mol. The Morgan fingerprint density at radius 3 is 2.17 bits per heavy atom. The van der Waals surface area contributed by atoms with E-state index < -0.39 is 22.5 Å². The number of hydrogen-bond donors (Lipinski definition) is 1. The number of nitrogens with one attached hydrogen (secondary N) is 1. The number of hydrogen-bond acceptors (Lipinski definition) is 5. The number of carbonyl (C=O) groups excluding carboxylic acids is 1. The number of aryl methyl sites for hydroxylation is 2. The number of benzene rings is 3. The van der Waals surface area contributed by atoms with Gasteiger partial charge in [0.05, 0.1) is 16.8 Å². The normalized spacial score (nSPS) is 11.4. The van der Waals surface area contributed by atoms with Gasteiger partial charge in [0, 0.05) is 18.8 Å². The second-order valence-corrected chi connectivity index (χ2v) is 10.2.